The lowest BCUT2D eigenvalue weighted by molar-refractivity contribution is -0.159. The second kappa shape index (κ2) is 16.7. The molecule has 0 bridgehead atoms. The van der Waals surface area contributed by atoms with E-state index in [1.807, 2.05) is 34.9 Å². The molecule has 3 fully saturated rings. The largest absolute Gasteiger partial charge is 0.381 e. The van der Waals surface area contributed by atoms with Crippen molar-refractivity contribution in [1.29, 1.82) is 0 Å². The minimum Gasteiger partial charge on any atom is -0.381 e. The van der Waals surface area contributed by atoms with E-state index in [4.69, 9.17) is 14.5 Å². The van der Waals surface area contributed by atoms with Crippen LogP contribution < -0.4 is 5.32 Å². The van der Waals surface area contributed by atoms with Gasteiger partial charge < -0.3 is 29.2 Å². The Morgan fingerprint density at radius 2 is 1.76 bits per heavy atom. The van der Waals surface area contributed by atoms with Gasteiger partial charge in [0.2, 0.25) is 5.91 Å². The highest BCUT2D eigenvalue weighted by Crippen LogP contribution is 2.39. The van der Waals surface area contributed by atoms with Crippen molar-refractivity contribution in [1.82, 2.24) is 29.6 Å². The molecule has 4 amide bonds. The third kappa shape index (κ3) is 8.27. The topological polar surface area (TPSA) is 126 Å². The summed E-state index contributed by atoms with van der Waals surface area (Å²) in [6.07, 6.45) is 2.62. The second-order valence-electron chi connectivity index (χ2n) is 14.2. The van der Waals surface area contributed by atoms with E-state index in [9.17, 15) is 23.6 Å². The zero-order chi connectivity index (χ0) is 37.8. The molecule has 1 aromatic heterocycles. The zero-order valence-electron chi connectivity index (χ0n) is 29.7. The van der Waals surface area contributed by atoms with Crippen LogP contribution >= 0.6 is 0 Å². The highest BCUT2D eigenvalue weighted by molar-refractivity contribution is 6.13. The van der Waals surface area contributed by atoms with Gasteiger partial charge in [-0.05, 0) is 42.5 Å². The number of amides is 4. The Kier molecular flexibility index (Phi) is 11.6. The summed E-state index contributed by atoms with van der Waals surface area (Å²) < 4.78 is 58.8. The predicted molar refractivity (Wildman–Crippen MR) is 189 cm³/mol. The van der Waals surface area contributed by atoms with Crippen molar-refractivity contribution >= 4 is 23.6 Å². The van der Waals surface area contributed by atoms with Crippen LogP contribution in [0.25, 0.3) is 11.3 Å². The van der Waals surface area contributed by atoms with Crippen LogP contribution in [0.1, 0.15) is 36.7 Å². The quantitative estimate of drug-likeness (QED) is 0.280. The molecule has 1 unspecified atom stereocenters. The minimum atomic E-state index is -1.23. The van der Waals surface area contributed by atoms with Crippen molar-refractivity contribution in [3.8, 4) is 11.3 Å². The predicted octanol–water partition coefficient (Wildman–Crippen LogP) is 3.27. The smallest absolute Gasteiger partial charge is 0.254 e. The highest BCUT2D eigenvalue weighted by Gasteiger charge is 2.43. The van der Waals surface area contributed by atoms with E-state index in [2.05, 4.69) is 5.32 Å². The maximum Gasteiger partial charge on any atom is 0.254 e. The Hall–Kier alpha value is -4.86. The molecule has 7 rings (SSSR count). The monoisotopic (exact) mass is 748 g/mol. The standard InChI is InChI=1S/C39H43F3N6O6/c40-28-6-7-30(41)29(18-28)32-23-46(21-25-4-2-1-3-5-25)38(44-32)37(26-11-15-53-16-12-26)48(22-27-19-43-20-31(27)42)39(52)33-24-45(14-17-54-33)34(49)10-13-47-35(50)8-9-36(47)51/h1-9,18,23,26-27,31,33,37,43H,10-17,19-22,24H2/t27-,31-,33-,37?/m0/s1. The Morgan fingerprint density at radius 1 is 1.00 bits per heavy atom. The molecule has 2 aromatic carbocycles. The van der Waals surface area contributed by atoms with Crippen molar-refractivity contribution < 1.29 is 41.8 Å². The summed E-state index contributed by atoms with van der Waals surface area (Å²) in [4.78, 5) is 61.5. The number of ether oxygens (including phenoxy) is 2. The Labute approximate surface area is 310 Å². The molecule has 12 nitrogen and oxygen atoms in total. The van der Waals surface area contributed by atoms with Crippen LogP contribution in [0.5, 0.6) is 0 Å². The Bertz CT molecular complexity index is 1870. The SMILES string of the molecule is O=C(CCN1C(=O)C=CC1=O)N1CCO[C@H](C(=O)N(C[C@@H]2CNC[C@@H]2F)C(c2nc(-c3cc(F)ccc3F)cn2Cc2ccccc2)C2CCOCC2)C1. The maximum atomic E-state index is 15.4. The molecule has 4 aliphatic rings. The molecule has 15 heteroatoms. The molecule has 0 aliphatic carbocycles. The summed E-state index contributed by atoms with van der Waals surface area (Å²) in [6, 6.07) is 12.0. The summed E-state index contributed by atoms with van der Waals surface area (Å²) in [5.74, 6) is -3.40. The fourth-order valence-electron chi connectivity index (χ4n) is 7.73. The highest BCUT2D eigenvalue weighted by atomic mass is 19.1. The number of rotatable bonds is 12. The van der Waals surface area contributed by atoms with Crippen molar-refractivity contribution in [2.75, 3.05) is 59.1 Å². The van der Waals surface area contributed by atoms with Gasteiger partial charge in [0.15, 0.2) is 6.10 Å². The number of imidazole rings is 1. The summed E-state index contributed by atoms with van der Waals surface area (Å²) >= 11 is 0. The lowest BCUT2D eigenvalue weighted by atomic mass is 9.88. The Morgan fingerprint density at radius 3 is 2.48 bits per heavy atom. The van der Waals surface area contributed by atoms with E-state index in [1.165, 1.54) is 4.90 Å². The lowest BCUT2D eigenvalue weighted by Gasteiger charge is -2.42. The van der Waals surface area contributed by atoms with E-state index >= 15 is 8.78 Å². The fourth-order valence-corrected chi connectivity index (χ4v) is 7.73. The van der Waals surface area contributed by atoms with Crippen LogP contribution in [0, 0.1) is 23.5 Å². The molecule has 4 atom stereocenters. The van der Waals surface area contributed by atoms with Crippen LogP contribution in [0.2, 0.25) is 0 Å². The van der Waals surface area contributed by atoms with Gasteiger partial charge in [0.05, 0.1) is 24.9 Å². The van der Waals surface area contributed by atoms with Crippen LogP contribution in [0.4, 0.5) is 13.2 Å². The first-order valence-corrected chi connectivity index (χ1v) is 18.4. The third-order valence-electron chi connectivity index (χ3n) is 10.6. The molecule has 1 N–H and O–H groups in total. The van der Waals surface area contributed by atoms with E-state index in [-0.39, 0.29) is 68.8 Å². The molecule has 5 heterocycles. The van der Waals surface area contributed by atoms with Crippen molar-refractivity contribution in [2.24, 2.45) is 11.8 Å². The van der Waals surface area contributed by atoms with E-state index in [0.29, 0.717) is 45.0 Å². The number of benzene rings is 2. The number of nitrogens with one attached hydrogen (secondary N) is 1. The number of nitrogens with zero attached hydrogens (tertiary/aromatic N) is 5. The lowest BCUT2D eigenvalue weighted by Crippen LogP contribution is -2.55. The van der Waals surface area contributed by atoms with Crippen LogP contribution in [-0.2, 0) is 35.2 Å². The number of aromatic nitrogens is 2. The minimum absolute atomic E-state index is 0.0108. The van der Waals surface area contributed by atoms with E-state index in [0.717, 1.165) is 40.8 Å². The zero-order valence-corrected chi connectivity index (χ0v) is 29.7. The molecule has 4 aliphatic heterocycles. The molecule has 3 aromatic rings. The number of imide groups is 1. The summed E-state index contributed by atoms with van der Waals surface area (Å²) in [5, 5.41) is 3.08. The molecule has 286 valence electrons. The van der Waals surface area contributed by atoms with Crippen LogP contribution in [0.3, 0.4) is 0 Å². The van der Waals surface area contributed by atoms with Gasteiger partial charge in [0.1, 0.15) is 23.6 Å². The van der Waals surface area contributed by atoms with E-state index in [1.54, 1.807) is 11.1 Å². The third-order valence-corrected chi connectivity index (χ3v) is 10.6. The van der Waals surface area contributed by atoms with Crippen molar-refractivity contribution in [2.45, 2.75) is 44.1 Å². The summed E-state index contributed by atoms with van der Waals surface area (Å²) in [6.45, 7) is 1.71. The van der Waals surface area contributed by atoms with Gasteiger partial charge >= 0.3 is 0 Å². The van der Waals surface area contributed by atoms with Gasteiger partial charge in [-0.15, -0.1) is 0 Å². The first kappa shape index (κ1) is 37.5. The number of hydrogen-bond acceptors (Lipinski definition) is 8. The van der Waals surface area contributed by atoms with Gasteiger partial charge in [-0.2, -0.15) is 0 Å². The van der Waals surface area contributed by atoms with Crippen molar-refractivity contribution in [3.05, 3.63) is 89.9 Å². The summed E-state index contributed by atoms with van der Waals surface area (Å²) in [7, 11) is 0. The number of alkyl halides is 1. The first-order valence-electron chi connectivity index (χ1n) is 18.4. The number of morpholine rings is 1. The van der Waals surface area contributed by atoms with Gasteiger partial charge in [-0.25, -0.2) is 18.2 Å². The Balaban J connectivity index is 1.25. The summed E-state index contributed by atoms with van der Waals surface area (Å²) in [5.41, 5.74) is 1.06. The van der Waals surface area contributed by atoms with Crippen LogP contribution in [0.15, 0.2) is 66.9 Å². The van der Waals surface area contributed by atoms with Crippen LogP contribution in [-0.4, -0.2) is 119 Å². The average Bonchev–Trinajstić information content (AvgIpc) is 3.89. The molecule has 0 saturated carbocycles. The number of halogens is 3. The molecule has 54 heavy (non-hydrogen) atoms. The fraction of sp³-hybridized carbons (Fsp3) is 0.462. The molecule has 3 saturated heterocycles. The van der Waals surface area contributed by atoms with Gasteiger partial charge in [-0.1, -0.05) is 30.3 Å². The molecular formula is C39H43F3N6O6. The second-order valence-corrected chi connectivity index (χ2v) is 14.2. The average molecular weight is 749 g/mol. The number of carbonyl (C=O) groups is 4. The van der Waals surface area contributed by atoms with E-state index < -0.39 is 53.6 Å². The number of carbonyl (C=O) groups excluding carboxylic acids is 4. The van der Waals surface area contributed by atoms with Gasteiger partial charge in [0, 0.05) is 88.7 Å². The molecule has 0 spiro atoms. The number of hydrogen-bond donors (Lipinski definition) is 1. The molecular weight excluding hydrogens is 705 g/mol. The van der Waals surface area contributed by atoms with Gasteiger partial charge in [-0.3, -0.25) is 24.1 Å². The maximum absolute atomic E-state index is 15.4. The van der Waals surface area contributed by atoms with Crippen molar-refractivity contribution in [3.63, 3.8) is 0 Å². The normalized spacial score (nSPS) is 22.6. The molecule has 0 radical (unpaired) electrons. The van der Waals surface area contributed by atoms with Gasteiger partial charge in [0.25, 0.3) is 17.7 Å². The first-order chi connectivity index (χ1) is 26.2.